The quantitative estimate of drug-likeness (QED) is 0.434. The highest BCUT2D eigenvalue weighted by Gasteiger charge is 2.24. The van der Waals surface area contributed by atoms with Crippen molar-refractivity contribution < 1.29 is 18.3 Å². The van der Waals surface area contributed by atoms with Crippen LogP contribution in [-0.4, -0.2) is 24.5 Å². The molecule has 0 saturated heterocycles. The molecule has 156 valence electrons. The number of para-hydroxylation sites is 1. The number of hydrogen-bond acceptors (Lipinski definition) is 3. The summed E-state index contributed by atoms with van der Waals surface area (Å²) in [5.41, 5.74) is 6.39. The number of carboxylic acid groups (broad SMARTS) is 1. The monoisotopic (exact) mass is 432 g/mol. The summed E-state index contributed by atoms with van der Waals surface area (Å²) >= 11 is 0. The summed E-state index contributed by atoms with van der Waals surface area (Å²) in [6.45, 7) is 1.91. The molecule has 6 nitrogen and oxygen atoms in total. The first-order valence-corrected chi connectivity index (χ1v) is 11.4. The lowest BCUT2D eigenvalue weighted by Gasteiger charge is -2.18. The van der Waals surface area contributed by atoms with Crippen molar-refractivity contribution in [1.29, 1.82) is 0 Å². The van der Waals surface area contributed by atoms with Crippen LogP contribution < -0.4 is 4.72 Å². The van der Waals surface area contributed by atoms with Gasteiger partial charge in [0.1, 0.15) is 0 Å². The van der Waals surface area contributed by atoms with Gasteiger partial charge >= 0.3 is 5.97 Å². The molecular weight excluding hydrogens is 412 g/mol. The second kappa shape index (κ2) is 6.99. The molecule has 1 heterocycles. The van der Waals surface area contributed by atoms with Gasteiger partial charge in [-0.2, -0.15) is 0 Å². The van der Waals surface area contributed by atoms with E-state index in [1.54, 1.807) is 42.5 Å². The number of aromatic amines is 1. The summed E-state index contributed by atoms with van der Waals surface area (Å²) in [5.74, 6) is -0.967. The fourth-order valence-corrected chi connectivity index (χ4v) is 5.29. The highest BCUT2D eigenvalue weighted by Crippen LogP contribution is 2.40. The number of hydrogen-bond donors (Lipinski definition) is 3. The molecule has 0 amide bonds. The molecule has 0 saturated carbocycles. The van der Waals surface area contributed by atoms with Gasteiger partial charge in [-0.1, -0.05) is 35.9 Å². The Kier molecular flexibility index (Phi) is 4.37. The number of aryl methyl sites for hydroxylation is 3. The van der Waals surface area contributed by atoms with Gasteiger partial charge in [-0.15, -0.1) is 0 Å². The minimum Gasteiger partial charge on any atom is -0.478 e. The third-order valence-corrected chi connectivity index (χ3v) is 7.14. The zero-order valence-electron chi connectivity index (χ0n) is 16.8. The molecule has 0 aliphatic heterocycles. The Morgan fingerprint density at radius 1 is 1.03 bits per heavy atom. The second-order valence-electron chi connectivity index (χ2n) is 7.80. The number of benzene rings is 3. The molecule has 0 atom stereocenters. The summed E-state index contributed by atoms with van der Waals surface area (Å²) in [4.78, 5) is 15.1. The number of rotatable bonds is 4. The Bertz CT molecular complexity index is 1450. The minimum atomic E-state index is -3.68. The third-order valence-electron chi connectivity index (χ3n) is 5.74. The van der Waals surface area contributed by atoms with Crippen LogP contribution in [0, 0.1) is 6.92 Å². The van der Waals surface area contributed by atoms with Crippen LogP contribution in [0.15, 0.2) is 65.6 Å². The summed E-state index contributed by atoms with van der Waals surface area (Å²) in [7, 11) is -3.68. The highest BCUT2D eigenvalue weighted by molar-refractivity contribution is 7.92. The van der Waals surface area contributed by atoms with E-state index < -0.39 is 16.0 Å². The molecular formula is C24H20N2O4S. The topological polar surface area (TPSA) is 99.3 Å². The number of aromatic carboxylic acids is 1. The van der Waals surface area contributed by atoms with E-state index in [2.05, 4.69) is 9.71 Å². The van der Waals surface area contributed by atoms with Crippen molar-refractivity contribution in [2.45, 2.75) is 24.7 Å². The maximum absolute atomic E-state index is 12.7. The number of anilines is 1. The Morgan fingerprint density at radius 2 is 1.81 bits per heavy atom. The molecule has 1 aromatic heterocycles. The van der Waals surface area contributed by atoms with Crippen LogP contribution in [0.1, 0.15) is 27.2 Å². The first-order valence-electron chi connectivity index (χ1n) is 9.93. The van der Waals surface area contributed by atoms with Crippen LogP contribution in [-0.2, 0) is 22.9 Å². The first kappa shape index (κ1) is 19.4. The first-order chi connectivity index (χ1) is 14.8. The van der Waals surface area contributed by atoms with Crippen molar-refractivity contribution in [1.82, 2.24) is 4.98 Å². The van der Waals surface area contributed by atoms with Crippen molar-refractivity contribution in [3.63, 3.8) is 0 Å². The van der Waals surface area contributed by atoms with E-state index in [9.17, 15) is 18.3 Å². The molecule has 0 spiro atoms. The molecule has 3 N–H and O–H groups in total. The Labute approximate surface area is 179 Å². The van der Waals surface area contributed by atoms with E-state index in [1.165, 1.54) is 0 Å². The van der Waals surface area contributed by atoms with Crippen LogP contribution in [0.3, 0.4) is 0 Å². The van der Waals surface area contributed by atoms with E-state index in [1.807, 2.05) is 25.1 Å². The Morgan fingerprint density at radius 3 is 2.55 bits per heavy atom. The molecule has 1 aliphatic carbocycles. The number of nitrogens with one attached hydrogen (secondary N) is 2. The molecule has 31 heavy (non-hydrogen) atoms. The Hall–Kier alpha value is -3.58. The van der Waals surface area contributed by atoms with Crippen molar-refractivity contribution in [3.05, 3.63) is 83.0 Å². The molecule has 0 bridgehead atoms. The van der Waals surface area contributed by atoms with Gasteiger partial charge in [0, 0.05) is 22.3 Å². The number of aromatic nitrogens is 1. The largest absolute Gasteiger partial charge is 0.478 e. The average Bonchev–Trinajstić information content (AvgIpc) is 3.12. The zero-order valence-corrected chi connectivity index (χ0v) is 17.6. The average molecular weight is 433 g/mol. The summed E-state index contributed by atoms with van der Waals surface area (Å²) < 4.78 is 28.2. The molecule has 3 aromatic carbocycles. The van der Waals surface area contributed by atoms with Crippen LogP contribution in [0.5, 0.6) is 0 Å². The summed E-state index contributed by atoms with van der Waals surface area (Å²) in [6, 6.07) is 17.5. The van der Waals surface area contributed by atoms with Gasteiger partial charge in [0.15, 0.2) is 0 Å². The molecule has 0 radical (unpaired) electrons. The number of H-pyrrole nitrogens is 1. The Balaban J connectivity index is 1.55. The third kappa shape index (κ3) is 3.27. The van der Waals surface area contributed by atoms with E-state index in [4.69, 9.17) is 0 Å². The fourth-order valence-electron chi connectivity index (χ4n) is 4.24. The number of carbonyl (C=O) groups is 1. The molecule has 0 unspecified atom stereocenters. The predicted molar refractivity (Wildman–Crippen MR) is 120 cm³/mol. The molecule has 5 rings (SSSR count). The molecule has 4 aromatic rings. The van der Waals surface area contributed by atoms with Crippen LogP contribution >= 0.6 is 0 Å². The van der Waals surface area contributed by atoms with Crippen molar-refractivity contribution >= 4 is 32.6 Å². The predicted octanol–water partition coefficient (Wildman–Crippen LogP) is 4.74. The van der Waals surface area contributed by atoms with Gasteiger partial charge in [0.2, 0.25) is 0 Å². The second-order valence-corrected chi connectivity index (χ2v) is 9.48. The standard InChI is InChI=1S/C24H20N2O4S/c1-14-5-9-17(10-6-14)31(29,30)26-16-8-11-18-15(13-16)7-12-21-22(18)19-3-2-4-20(24(27)28)23(19)25-21/h2-6,8-11,13,25-26H,7,12H2,1H3,(H,27,28). The smallest absolute Gasteiger partial charge is 0.337 e. The van der Waals surface area contributed by atoms with Crippen LogP contribution in [0.25, 0.3) is 22.0 Å². The minimum absolute atomic E-state index is 0.218. The van der Waals surface area contributed by atoms with Crippen LogP contribution in [0.2, 0.25) is 0 Å². The van der Waals surface area contributed by atoms with Crippen molar-refractivity contribution in [2.24, 2.45) is 0 Å². The van der Waals surface area contributed by atoms with Gasteiger partial charge in [-0.25, -0.2) is 13.2 Å². The fraction of sp³-hybridized carbons (Fsp3) is 0.125. The lowest BCUT2D eigenvalue weighted by molar-refractivity contribution is 0.0699. The normalized spacial score (nSPS) is 12.9. The lowest BCUT2D eigenvalue weighted by Crippen LogP contribution is -2.13. The van der Waals surface area contributed by atoms with Gasteiger partial charge in [0.05, 0.1) is 16.0 Å². The van der Waals surface area contributed by atoms with E-state index in [0.717, 1.165) is 46.2 Å². The number of fused-ring (bicyclic) bond motifs is 5. The lowest BCUT2D eigenvalue weighted by atomic mass is 9.88. The maximum Gasteiger partial charge on any atom is 0.337 e. The maximum atomic E-state index is 12.7. The van der Waals surface area contributed by atoms with E-state index in [-0.39, 0.29) is 10.5 Å². The molecule has 7 heteroatoms. The summed E-state index contributed by atoms with van der Waals surface area (Å²) in [6.07, 6.45) is 1.46. The van der Waals surface area contributed by atoms with Gasteiger partial charge in [-0.3, -0.25) is 4.72 Å². The van der Waals surface area contributed by atoms with Gasteiger partial charge < -0.3 is 10.1 Å². The van der Waals surface area contributed by atoms with Crippen molar-refractivity contribution in [2.75, 3.05) is 4.72 Å². The van der Waals surface area contributed by atoms with Gasteiger partial charge in [-0.05, 0) is 61.2 Å². The zero-order chi connectivity index (χ0) is 21.8. The number of sulfonamides is 1. The van der Waals surface area contributed by atoms with E-state index in [0.29, 0.717) is 11.2 Å². The van der Waals surface area contributed by atoms with E-state index >= 15 is 0 Å². The molecule has 0 fully saturated rings. The molecule has 1 aliphatic rings. The SMILES string of the molecule is Cc1ccc(S(=O)(=O)Nc2ccc3c(c2)CCc2[nH]c4c(C(=O)O)cccc4c2-3)cc1. The van der Waals surface area contributed by atoms with Gasteiger partial charge in [0.25, 0.3) is 10.0 Å². The van der Waals surface area contributed by atoms with Crippen molar-refractivity contribution in [3.8, 4) is 11.1 Å². The highest BCUT2D eigenvalue weighted by atomic mass is 32.2. The summed E-state index contributed by atoms with van der Waals surface area (Å²) in [5, 5.41) is 10.4. The number of carboxylic acids is 1. The van der Waals surface area contributed by atoms with Crippen LogP contribution in [0.4, 0.5) is 5.69 Å².